The highest BCUT2D eigenvalue weighted by Crippen LogP contribution is 1.79. The average molecular weight is 150 g/mol. The van der Waals surface area contributed by atoms with Crippen LogP contribution in [-0.2, 0) is 20.1 Å². The molecule has 6 heteroatoms. The summed E-state index contributed by atoms with van der Waals surface area (Å²) in [5, 5.41) is 6.33. The van der Waals surface area contributed by atoms with Gasteiger partial charge in [-0.25, -0.2) is 9.00 Å². The molecule has 0 aromatic carbocycles. The first-order valence-electron chi connectivity index (χ1n) is 2.03. The maximum absolute atomic E-state index is 10.2. The minimum absolute atomic E-state index is 0.320. The third-order valence-electron chi connectivity index (χ3n) is 0.438. The van der Waals surface area contributed by atoms with E-state index < -0.39 is 17.0 Å². The molecular weight excluding hydrogens is 144 g/mol. The highest BCUT2D eigenvalue weighted by Gasteiger charge is 2.01. The second kappa shape index (κ2) is 4.16. The molecule has 0 fully saturated rings. The van der Waals surface area contributed by atoms with Crippen molar-refractivity contribution in [1.29, 1.82) is 5.41 Å². The number of carbonyl (C=O) groups excluding carboxylic acids is 1. The normalized spacial score (nSPS) is 12.1. The second-order valence-electron chi connectivity index (χ2n) is 1.04. The van der Waals surface area contributed by atoms with Crippen molar-refractivity contribution < 1.29 is 13.2 Å². The molecular formula is C3H6N2O3S. The van der Waals surface area contributed by atoms with E-state index in [0.29, 0.717) is 5.55 Å². The number of rotatable bonds is 3. The SMILES string of the molecule is N=CS(=O)OC(=O)CN. The molecule has 0 rings (SSSR count). The largest absolute Gasteiger partial charge is 0.359 e. The van der Waals surface area contributed by atoms with Crippen LogP contribution >= 0.6 is 0 Å². The van der Waals surface area contributed by atoms with Gasteiger partial charge < -0.3 is 9.92 Å². The molecule has 0 aliphatic carbocycles. The van der Waals surface area contributed by atoms with Gasteiger partial charge in [-0.3, -0.25) is 5.41 Å². The third-order valence-corrected chi connectivity index (χ3v) is 0.981. The minimum Gasteiger partial charge on any atom is -0.359 e. The van der Waals surface area contributed by atoms with Crippen LogP contribution in [0.15, 0.2) is 0 Å². The van der Waals surface area contributed by atoms with Crippen LogP contribution in [0, 0.1) is 5.41 Å². The summed E-state index contributed by atoms with van der Waals surface area (Å²) in [5.41, 5.74) is 5.30. The van der Waals surface area contributed by atoms with Gasteiger partial charge in [0.2, 0.25) is 0 Å². The Labute approximate surface area is 54.4 Å². The van der Waals surface area contributed by atoms with Gasteiger partial charge in [-0.05, 0) is 0 Å². The minimum atomic E-state index is -1.94. The van der Waals surface area contributed by atoms with Crippen molar-refractivity contribution >= 4 is 22.6 Å². The van der Waals surface area contributed by atoms with E-state index in [9.17, 15) is 9.00 Å². The van der Waals surface area contributed by atoms with E-state index in [4.69, 9.17) is 11.1 Å². The molecule has 0 spiro atoms. The Hall–Kier alpha value is -0.750. The Morgan fingerprint density at radius 3 is 2.78 bits per heavy atom. The lowest BCUT2D eigenvalue weighted by Crippen LogP contribution is -2.17. The van der Waals surface area contributed by atoms with E-state index in [0.717, 1.165) is 0 Å². The van der Waals surface area contributed by atoms with E-state index in [-0.39, 0.29) is 6.54 Å². The fraction of sp³-hybridized carbons (Fsp3) is 0.333. The number of nitrogens with two attached hydrogens (primary N) is 1. The van der Waals surface area contributed by atoms with Crippen LogP contribution in [0.2, 0.25) is 0 Å². The maximum atomic E-state index is 10.2. The van der Waals surface area contributed by atoms with Crippen molar-refractivity contribution in [3.8, 4) is 0 Å². The molecule has 0 radical (unpaired) electrons. The van der Waals surface area contributed by atoms with Gasteiger partial charge in [0.15, 0.2) is 0 Å². The number of hydrogen-bond acceptors (Lipinski definition) is 5. The fourth-order valence-electron chi connectivity index (χ4n) is 0.150. The quantitative estimate of drug-likeness (QED) is 0.388. The van der Waals surface area contributed by atoms with Crippen molar-refractivity contribution in [3.63, 3.8) is 0 Å². The molecule has 52 valence electrons. The van der Waals surface area contributed by atoms with Crippen molar-refractivity contribution in [2.24, 2.45) is 5.73 Å². The van der Waals surface area contributed by atoms with Crippen LogP contribution in [0.25, 0.3) is 0 Å². The Morgan fingerprint density at radius 2 is 2.44 bits per heavy atom. The van der Waals surface area contributed by atoms with E-state index in [1.807, 2.05) is 0 Å². The zero-order valence-corrected chi connectivity index (χ0v) is 5.31. The maximum Gasteiger partial charge on any atom is 0.334 e. The van der Waals surface area contributed by atoms with Gasteiger partial charge in [0, 0.05) is 0 Å². The number of nitrogens with one attached hydrogen (secondary N) is 1. The van der Waals surface area contributed by atoms with E-state index in [2.05, 4.69) is 4.18 Å². The molecule has 1 unspecified atom stereocenters. The summed E-state index contributed by atoms with van der Waals surface area (Å²) < 4.78 is 14.2. The Morgan fingerprint density at radius 1 is 1.89 bits per heavy atom. The standard InChI is InChI=1S/C3H6N2O3S/c4-1-3(6)8-9(7)2-5/h2,5H,1,4H2. The number of carbonyl (C=O) groups is 1. The first kappa shape index (κ1) is 8.25. The van der Waals surface area contributed by atoms with Gasteiger partial charge in [-0.2, -0.15) is 0 Å². The van der Waals surface area contributed by atoms with E-state index in [1.165, 1.54) is 0 Å². The summed E-state index contributed by atoms with van der Waals surface area (Å²) in [5.74, 6) is -0.781. The molecule has 0 bridgehead atoms. The lowest BCUT2D eigenvalue weighted by molar-refractivity contribution is -0.131. The van der Waals surface area contributed by atoms with Crippen molar-refractivity contribution in [3.05, 3.63) is 0 Å². The van der Waals surface area contributed by atoms with Crippen LogP contribution < -0.4 is 5.73 Å². The summed E-state index contributed by atoms with van der Waals surface area (Å²) in [4.78, 5) is 10.1. The average Bonchev–Trinajstić information content (AvgIpc) is 1.87. The molecule has 0 aliphatic heterocycles. The van der Waals surface area contributed by atoms with E-state index >= 15 is 0 Å². The molecule has 0 saturated carbocycles. The van der Waals surface area contributed by atoms with Crippen molar-refractivity contribution in [1.82, 2.24) is 0 Å². The first-order valence-corrected chi connectivity index (χ1v) is 3.17. The molecule has 0 aliphatic rings. The lowest BCUT2D eigenvalue weighted by atomic mass is 10.7. The molecule has 0 saturated heterocycles. The summed E-state index contributed by atoms with van der Waals surface area (Å²) in [6, 6.07) is 0. The molecule has 5 nitrogen and oxygen atoms in total. The fourth-order valence-corrected chi connectivity index (χ4v) is 0.449. The monoisotopic (exact) mass is 150 g/mol. The third kappa shape index (κ3) is 3.80. The van der Waals surface area contributed by atoms with Crippen molar-refractivity contribution in [2.75, 3.05) is 6.54 Å². The second-order valence-corrected chi connectivity index (χ2v) is 1.96. The van der Waals surface area contributed by atoms with Gasteiger partial charge in [-0.1, -0.05) is 0 Å². The Bertz CT molecular complexity index is 146. The first-order chi connectivity index (χ1) is 4.20. The van der Waals surface area contributed by atoms with Crippen molar-refractivity contribution in [2.45, 2.75) is 0 Å². The predicted octanol–water partition coefficient (Wildman–Crippen LogP) is -1.24. The van der Waals surface area contributed by atoms with Crippen LogP contribution in [0.3, 0.4) is 0 Å². The summed E-state index contributed by atoms with van der Waals surface area (Å²) in [7, 11) is 0. The highest BCUT2D eigenvalue weighted by atomic mass is 32.2. The molecule has 0 aromatic heterocycles. The highest BCUT2D eigenvalue weighted by molar-refractivity contribution is 7.94. The predicted molar refractivity (Wildman–Crippen MR) is 32.1 cm³/mol. The van der Waals surface area contributed by atoms with Gasteiger partial charge in [-0.15, -0.1) is 0 Å². The zero-order chi connectivity index (χ0) is 7.28. The van der Waals surface area contributed by atoms with Crippen LogP contribution in [0.4, 0.5) is 0 Å². The molecule has 0 heterocycles. The zero-order valence-electron chi connectivity index (χ0n) is 4.49. The van der Waals surface area contributed by atoms with Gasteiger partial charge in [0.25, 0.3) is 11.1 Å². The summed E-state index contributed by atoms with van der Waals surface area (Å²) in [6.07, 6.45) is 0. The molecule has 0 aromatic rings. The van der Waals surface area contributed by atoms with Crippen LogP contribution in [0.5, 0.6) is 0 Å². The molecule has 1 atom stereocenters. The van der Waals surface area contributed by atoms with Gasteiger partial charge in [0.05, 0.1) is 6.54 Å². The summed E-state index contributed by atoms with van der Waals surface area (Å²) in [6.45, 7) is -0.320. The van der Waals surface area contributed by atoms with Crippen LogP contribution in [-0.4, -0.2) is 22.3 Å². The molecule has 9 heavy (non-hydrogen) atoms. The van der Waals surface area contributed by atoms with Crippen LogP contribution in [0.1, 0.15) is 0 Å². The number of hydrogen-bond donors (Lipinski definition) is 2. The smallest absolute Gasteiger partial charge is 0.334 e. The topological polar surface area (TPSA) is 93.2 Å². The van der Waals surface area contributed by atoms with Gasteiger partial charge >= 0.3 is 5.97 Å². The molecule has 0 amide bonds. The lowest BCUT2D eigenvalue weighted by Gasteiger charge is -1.92. The Balaban J connectivity index is 3.59. The van der Waals surface area contributed by atoms with Gasteiger partial charge in [0.1, 0.15) is 5.55 Å². The van der Waals surface area contributed by atoms with E-state index in [1.54, 1.807) is 0 Å². The Kier molecular flexibility index (Phi) is 3.81. The molecule has 3 N–H and O–H groups in total. The summed E-state index contributed by atoms with van der Waals surface area (Å²) >= 11 is -1.94.